The van der Waals surface area contributed by atoms with E-state index >= 15 is 4.39 Å². The number of nitriles is 2. The van der Waals surface area contributed by atoms with Crippen LogP contribution in [0.5, 0.6) is 11.5 Å². The molecule has 3 aliphatic rings. The van der Waals surface area contributed by atoms with Crippen molar-refractivity contribution in [2.75, 3.05) is 69.8 Å². The molecule has 0 spiro atoms. The first-order valence-corrected chi connectivity index (χ1v) is 16.2. The number of anilines is 3. The second kappa shape index (κ2) is 15.2. The van der Waals surface area contributed by atoms with Crippen LogP contribution in [0.15, 0.2) is 42.7 Å². The number of alkyl halides is 1. The highest BCUT2D eigenvalue weighted by molar-refractivity contribution is 5.78. The minimum atomic E-state index is -1.48. The van der Waals surface area contributed by atoms with Gasteiger partial charge in [0.25, 0.3) is 0 Å². The van der Waals surface area contributed by atoms with Crippen molar-refractivity contribution in [3.63, 3.8) is 0 Å². The van der Waals surface area contributed by atoms with Crippen LogP contribution < -0.4 is 19.7 Å². The zero-order valence-electron chi connectivity index (χ0n) is 26.8. The topological polar surface area (TPSA) is 153 Å². The van der Waals surface area contributed by atoms with Crippen molar-refractivity contribution in [3.8, 4) is 35.0 Å². The van der Waals surface area contributed by atoms with Crippen molar-refractivity contribution in [2.24, 2.45) is 0 Å². The summed E-state index contributed by atoms with van der Waals surface area (Å²) in [5.74, 6) is 1.18. The van der Waals surface area contributed by atoms with Gasteiger partial charge in [-0.3, -0.25) is 9.69 Å². The maximum absolute atomic E-state index is 15.0. The first-order chi connectivity index (χ1) is 23.4. The quantitative estimate of drug-likeness (QED) is 0.358. The number of piperidine rings is 2. The Bertz CT molecular complexity index is 1680. The van der Waals surface area contributed by atoms with E-state index in [-0.39, 0.29) is 37.2 Å². The number of likely N-dealkylation sites (tertiary alicyclic amines) is 1. The summed E-state index contributed by atoms with van der Waals surface area (Å²) in [4.78, 5) is 31.5. The lowest BCUT2D eigenvalue weighted by molar-refractivity contribution is -0.134. The van der Waals surface area contributed by atoms with Crippen molar-refractivity contribution in [1.29, 1.82) is 10.5 Å². The zero-order valence-corrected chi connectivity index (χ0v) is 26.8. The van der Waals surface area contributed by atoms with Crippen LogP contribution >= 0.6 is 0 Å². The number of hydrogen-bond donors (Lipinski definition) is 1. The van der Waals surface area contributed by atoms with E-state index in [1.54, 1.807) is 31.4 Å². The normalized spacial score (nSPS) is 20.4. The van der Waals surface area contributed by atoms with E-state index in [0.717, 1.165) is 69.4 Å². The maximum atomic E-state index is 15.0. The standard InChI is InChI=1S/C34H38FN9O4/c1-46-31-19-25(4-5-28(31)43-11-7-26(8-12-43)42-14-16-47-17-15-42)40-34-39-22-38-33(41-34)23-2-3-24(20-37)30(18-23)48-29-9-13-44(21-27(29)35)32(45)6-10-36/h2-5,18-19,22,26-27,29H,6-9,11-17,21H2,1H3,(H,38,39,40,41)/t27-,29-/m0/s1. The molecule has 3 aliphatic heterocycles. The fourth-order valence-corrected chi connectivity index (χ4v) is 6.49. The highest BCUT2D eigenvalue weighted by Gasteiger charge is 2.33. The van der Waals surface area contributed by atoms with E-state index in [1.807, 2.05) is 18.2 Å². The molecular formula is C34H38FN9O4. The number of aromatic nitrogens is 3. The number of benzene rings is 2. The Labute approximate surface area is 278 Å². The average Bonchev–Trinajstić information content (AvgIpc) is 3.13. The van der Waals surface area contributed by atoms with Gasteiger partial charge in [0, 0.05) is 62.5 Å². The van der Waals surface area contributed by atoms with Crippen LogP contribution in [-0.2, 0) is 9.53 Å². The molecule has 250 valence electrons. The molecule has 1 amide bonds. The lowest BCUT2D eigenvalue weighted by Crippen LogP contribution is -2.49. The molecule has 48 heavy (non-hydrogen) atoms. The number of amides is 1. The van der Waals surface area contributed by atoms with Gasteiger partial charge in [-0.2, -0.15) is 15.5 Å². The van der Waals surface area contributed by atoms with Gasteiger partial charge in [0.2, 0.25) is 11.9 Å². The van der Waals surface area contributed by atoms with Gasteiger partial charge in [-0.05, 0) is 43.2 Å². The van der Waals surface area contributed by atoms with Gasteiger partial charge in [-0.15, -0.1) is 0 Å². The third kappa shape index (κ3) is 7.56. The number of nitrogens with zero attached hydrogens (tertiary/aromatic N) is 8. The van der Waals surface area contributed by atoms with E-state index in [1.165, 1.54) is 11.2 Å². The number of carbonyl (C=O) groups excluding carboxylic acids is 1. The van der Waals surface area contributed by atoms with Crippen molar-refractivity contribution in [2.45, 2.75) is 44.0 Å². The van der Waals surface area contributed by atoms with Gasteiger partial charge in [0.15, 0.2) is 12.0 Å². The Morgan fingerprint density at radius 3 is 2.58 bits per heavy atom. The lowest BCUT2D eigenvalue weighted by atomic mass is 10.0. The minimum Gasteiger partial charge on any atom is -0.495 e. The second-order valence-electron chi connectivity index (χ2n) is 12.0. The number of nitrogens with one attached hydrogen (secondary N) is 1. The second-order valence-corrected chi connectivity index (χ2v) is 12.0. The van der Waals surface area contributed by atoms with E-state index in [9.17, 15) is 10.1 Å². The summed E-state index contributed by atoms with van der Waals surface area (Å²) in [7, 11) is 1.66. The Morgan fingerprint density at radius 2 is 1.85 bits per heavy atom. The molecule has 13 nitrogen and oxygen atoms in total. The predicted octanol–water partition coefficient (Wildman–Crippen LogP) is 3.69. The number of rotatable bonds is 9. The minimum absolute atomic E-state index is 0.172. The number of carbonyl (C=O) groups is 1. The highest BCUT2D eigenvalue weighted by Crippen LogP contribution is 2.35. The van der Waals surface area contributed by atoms with Crippen LogP contribution in [-0.4, -0.2) is 109 Å². The predicted molar refractivity (Wildman–Crippen MR) is 175 cm³/mol. The molecule has 2 atom stereocenters. The van der Waals surface area contributed by atoms with E-state index < -0.39 is 18.2 Å². The van der Waals surface area contributed by atoms with Gasteiger partial charge in [0.1, 0.15) is 36.4 Å². The number of halogens is 1. The molecule has 0 unspecified atom stereocenters. The molecular weight excluding hydrogens is 617 g/mol. The number of methoxy groups -OCH3 is 1. The summed E-state index contributed by atoms with van der Waals surface area (Å²) in [6.07, 6.45) is 1.17. The summed E-state index contributed by atoms with van der Waals surface area (Å²) in [5, 5.41) is 21.7. The van der Waals surface area contributed by atoms with Crippen LogP contribution in [0.2, 0.25) is 0 Å². The molecule has 4 heterocycles. The molecule has 1 aromatic heterocycles. The van der Waals surface area contributed by atoms with Gasteiger partial charge in [-0.25, -0.2) is 14.4 Å². The first-order valence-electron chi connectivity index (χ1n) is 16.2. The summed E-state index contributed by atoms with van der Waals surface area (Å²) in [6, 6.07) is 15.3. The van der Waals surface area contributed by atoms with Crippen molar-refractivity contribution in [1.82, 2.24) is 24.8 Å². The van der Waals surface area contributed by atoms with Crippen molar-refractivity contribution < 1.29 is 23.4 Å². The van der Waals surface area contributed by atoms with Gasteiger partial charge < -0.3 is 29.3 Å². The van der Waals surface area contributed by atoms with Crippen molar-refractivity contribution >= 4 is 23.2 Å². The SMILES string of the molecule is COc1cc(Nc2ncnc(-c3ccc(C#N)c(O[C@H]4CCN(C(=O)CC#N)C[C@@H]4F)c3)n2)ccc1N1CCC(N2CCOCC2)CC1. The molecule has 3 fully saturated rings. The summed E-state index contributed by atoms with van der Waals surface area (Å²) >= 11 is 0. The lowest BCUT2D eigenvalue weighted by Gasteiger charge is -2.41. The number of ether oxygens (including phenoxy) is 3. The van der Waals surface area contributed by atoms with Crippen LogP contribution in [0.3, 0.4) is 0 Å². The highest BCUT2D eigenvalue weighted by atomic mass is 19.1. The summed E-state index contributed by atoms with van der Waals surface area (Å²) < 4.78 is 32.3. The Hall–Kier alpha value is -5.05. The van der Waals surface area contributed by atoms with E-state index in [2.05, 4.69) is 36.1 Å². The van der Waals surface area contributed by atoms with Crippen LogP contribution in [0, 0.1) is 22.7 Å². The molecule has 0 radical (unpaired) electrons. The molecule has 3 saturated heterocycles. The van der Waals surface area contributed by atoms with Crippen molar-refractivity contribution in [3.05, 3.63) is 48.3 Å². The van der Waals surface area contributed by atoms with E-state index in [4.69, 9.17) is 19.5 Å². The van der Waals surface area contributed by atoms with Gasteiger partial charge in [-0.1, -0.05) is 0 Å². The molecule has 0 saturated carbocycles. The van der Waals surface area contributed by atoms with Crippen LogP contribution in [0.25, 0.3) is 11.4 Å². The molecule has 1 N–H and O–H groups in total. The third-order valence-electron chi connectivity index (χ3n) is 9.08. The molecule has 6 rings (SSSR count). The summed E-state index contributed by atoms with van der Waals surface area (Å²) in [6.45, 7) is 5.61. The fourth-order valence-electron chi connectivity index (χ4n) is 6.49. The Kier molecular flexibility index (Phi) is 10.4. The first kappa shape index (κ1) is 32.9. The maximum Gasteiger partial charge on any atom is 0.236 e. The smallest absolute Gasteiger partial charge is 0.236 e. The average molecular weight is 656 g/mol. The zero-order chi connectivity index (χ0) is 33.5. The number of morpholine rings is 1. The molecule has 2 aromatic carbocycles. The van der Waals surface area contributed by atoms with Gasteiger partial charge >= 0.3 is 0 Å². The van der Waals surface area contributed by atoms with E-state index in [0.29, 0.717) is 23.4 Å². The van der Waals surface area contributed by atoms with Crippen LogP contribution in [0.4, 0.5) is 21.7 Å². The molecule has 0 aliphatic carbocycles. The molecule has 3 aromatic rings. The summed E-state index contributed by atoms with van der Waals surface area (Å²) in [5.41, 5.74) is 2.58. The van der Waals surface area contributed by atoms with Crippen LogP contribution in [0.1, 0.15) is 31.2 Å². The number of hydrogen-bond acceptors (Lipinski definition) is 12. The van der Waals surface area contributed by atoms with Gasteiger partial charge in [0.05, 0.1) is 44.2 Å². The Morgan fingerprint density at radius 1 is 1.04 bits per heavy atom. The largest absolute Gasteiger partial charge is 0.495 e. The fraction of sp³-hybridized carbons (Fsp3) is 0.471. The monoisotopic (exact) mass is 655 g/mol. The third-order valence-corrected chi connectivity index (χ3v) is 9.08. The Balaban J connectivity index is 1.12. The molecule has 14 heteroatoms. The molecule has 0 bridgehead atoms.